The summed E-state index contributed by atoms with van der Waals surface area (Å²) in [4.78, 5) is 4.35. The number of nitrogens with two attached hydrogens (primary N) is 1. The summed E-state index contributed by atoms with van der Waals surface area (Å²) in [5.74, 6) is 1.88. The second-order valence-electron chi connectivity index (χ2n) is 5.86. The highest BCUT2D eigenvalue weighted by Crippen LogP contribution is 2.13. The molecular formula is C19H25N3O. The fraction of sp³-hybridized carbons (Fsp3) is 0.316. The van der Waals surface area contributed by atoms with Crippen LogP contribution in [0.3, 0.4) is 0 Å². The van der Waals surface area contributed by atoms with Crippen LogP contribution < -0.4 is 15.8 Å². The first-order valence-corrected chi connectivity index (χ1v) is 7.97. The molecule has 0 unspecified atom stereocenters. The van der Waals surface area contributed by atoms with Crippen molar-refractivity contribution < 1.29 is 4.74 Å². The third kappa shape index (κ3) is 6.43. The fourth-order valence-electron chi connectivity index (χ4n) is 2.03. The molecule has 2 rings (SSSR count). The van der Waals surface area contributed by atoms with Crippen LogP contribution in [0.2, 0.25) is 0 Å². The van der Waals surface area contributed by atoms with E-state index in [9.17, 15) is 0 Å². The number of ether oxygens (including phenoxy) is 1. The second-order valence-corrected chi connectivity index (χ2v) is 5.86. The van der Waals surface area contributed by atoms with Gasteiger partial charge in [-0.25, -0.2) is 0 Å². The maximum Gasteiger partial charge on any atom is 0.193 e. The van der Waals surface area contributed by atoms with E-state index in [1.165, 1.54) is 5.56 Å². The number of benzene rings is 2. The largest absolute Gasteiger partial charge is 0.493 e. The fourth-order valence-corrected chi connectivity index (χ4v) is 2.03. The van der Waals surface area contributed by atoms with E-state index in [0.717, 1.165) is 24.5 Å². The Morgan fingerprint density at radius 2 is 1.78 bits per heavy atom. The molecule has 0 atom stereocenters. The van der Waals surface area contributed by atoms with Crippen molar-refractivity contribution in [3.8, 4) is 5.75 Å². The van der Waals surface area contributed by atoms with Crippen molar-refractivity contribution >= 4 is 11.6 Å². The van der Waals surface area contributed by atoms with Crippen molar-refractivity contribution in [1.82, 2.24) is 0 Å². The van der Waals surface area contributed by atoms with E-state index >= 15 is 0 Å². The first-order valence-electron chi connectivity index (χ1n) is 7.97. The summed E-state index contributed by atoms with van der Waals surface area (Å²) in [6.07, 6.45) is 0.849. The molecule has 23 heavy (non-hydrogen) atoms. The lowest BCUT2D eigenvalue weighted by atomic mass is 10.1. The number of rotatable bonds is 7. The third-order valence-corrected chi connectivity index (χ3v) is 3.24. The number of nitrogens with one attached hydrogen (secondary N) is 1. The van der Waals surface area contributed by atoms with Gasteiger partial charge in [-0.1, -0.05) is 44.2 Å². The molecule has 0 aliphatic heterocycles. The lowest BCUT2D eigenvalue weighted by molar-refractivity contribution is 0.271. The molecule has 3 N–H and O–H groups in total. The summed E-state index contributed by atoms with van der Waals surface area (Å²) < 4.78 is 5.67. The number of para-hydroxylation sites is 1. The Balaban J connectivity index is 1.78. The van der Waals surface area contributed by atoms with E-state index in [-0.39, 0.29) is 0 Å². The van der Waals surface area contributed by atoms with Crippen molar-refractivity contribution in [2.75, 3.05) is 18.5 Å². The maximum atomic E-state index is 5.88. The van der Waals surface area contributed by atoms with Crippen molar-refractivity contribution in [2.24, 2.45) is 16.6 Å². The molecule has 2 aromatic rings. The number of nitrogens with zero attached hydrogens (tertiary/aromatic N) is 1. The van der Waals surface area contributed by atoms with Gasteiger partial charge in [-0.2, -0.15) is 0 Å². The molecule has 0 aliphatic carbocycles. The van der Waals surface area contributed by atoms with Gasteiger partial charge in [0.1, 0.15) is 5.75 Å². The van der Waals surface area contributed by atoms with Crippen molar-refractivity contribution in [3.63, 3.8) is 0 Å². The number of hydrogen-bond acceptors (Lipinski definition) is 2. The molecule has 0 fully saturated rings. The normalized spacial score (nSPS) is 11.5. The Morgan fingerprint density at radius 3 is 2.43 bits per heavy atom. The molecule has 4 heteroatoms. The van der Waals surface area contributed by atoms with E-state index in [1.807, 2.05) is 42.5 Å². The van der Waals surface area contributed by atoms with E-state index in [0.29, 0.717) is 18.4 Å². The smallest absolute Gasteiger partial charge is 0.193 e. The third-order valence-electron chi connectivity index (χ3n) is 3.24. The van der Waals surface area contributed by atoms with Crippen LogP contribution in [-0.4, -0.2) is 19.1 Å². The van der Waals surface area contributed by atoms with Crippen molar-refractivity contribution in [2.45, 2.75) is 20.3 Å². The van der Waals surface area contributed by atoms with Gasteiger partial charge in [0.05, 0.1) is 6.61 Å². The monoisotopic (exact) mass is 311 g/mol. The summed E-state index contributed by atoms with van der Waals surface area (Å²) in [5.41, 5.74) is 8.05. The van der Waals surface area contributed by atoms with Crippen LogP contribution in [0, 0.1) is 5.92 Å². The Bertz CT molecular complexity index is 606. The molecule has 0 saturated carbocycles. The average molecular weight is 311 g/mol. The molecule has 122 valence electrons. The average Bonchev–Trinajstić information content (AvgIpc) is 2.55. The van der Waals surface area contributed by atoms with E-state index in [2.05, 4.69) is 36.3 Å². The number of aliphatic imine (C=N–C) groups is 1. The van der Waals surface area contributed by atoms with Gasteiger partial charge in [0, 0.05) is 12.2 Å². The maximum absolute atomic E-state index is 5.88. The Labute approximate surface area is 138 Å². The topological polar surface area (TPSA) is 59.6 Å². The first-order chi connectivity index (χ1) is 11.1. The molecule has 2 aromatic carbocycles. The minimum Gasteiger partial charge on any atom is -0.493 e. The van der Waals surface area contributed by atoms with Crippen molar-refractivity contribution in [1.29, 1.82) is 0 Å². The quantitative estimate of drug-likeness (QED) is 0.605. The highest BCUT2D eigenvalue weighted by atomic mass is 16.5. The predicted molar refractivity (Wildman–Crippen MR) is 97.0 cm³/mol. The number of anilines is 1. The summed E-state index contributed by atoms with van der Waals surface area (Å²) in [7, 11) is 0. The lowest BCUT2D eigenvalue weighted by Crippen LogP contribution is -2.23. The van der Waals surface area contributed by atoms with Gasteiger partial charge in [0.25, 0.3) is 0 Å². The van der Waals surface area contributed by atoms with Crippen LogP contribution >= 0.6 is 0 Å². The molecule has 0 aromatic heterocycles. The molecule has 0 aliphatic rings. The molecular weight excluding hydrogens is 286 g/mol. The van der Waals surface area contributed by atoms with Crippen LogP contribution in [0.4, 0.5) is 5.69 Å². The summed E-state index contributed by atoms with van der Waals surface area (Å²) in [6, 6.07) is 18.0. The number of hydrogen-bond donors (Lipinski definition) is 2. The molecule has 0 saturated heterocycles. The standard InChI is InChI=1S/C19H25N3O/c1-15(2)14-23-18-10-8-16(9-11-18)12-13-21-19(20)22-17-6-4-3-5-7-17/h3-11,15H,12-14H2,1-2H3,(H3,20,21,22). The molecule has 0 radical (unpaired) electrons. The van der Waals surface area contributed by atoms with Crippen LogP contribution in [-0.2, 0) is 6.42 Å². The van der Waals surface area contributed by atoms with Crippen LogP contribution in [0.1, 0.15) is 19.4 Å². The Morgan fingerprint density at radius 1 is 1.09 bits per heavy atom. The highest BCUT2D eigenvalue weighted by molar-refractivity contribution is 5.92. The SMILES string of the molecule is CC(C)COc1ccc(CCN=C(N)Nc2ccccc2)cc1. The summed E-state index contributed by atoms with van der Waals surface area (Å²) in [5, 5.41) is 3.07. The van der Waals surface area contributed by atoms with Crippen LogP contribution in [0.15, 0.2) is 59.6 Å². The predicted octanol–water partition coefficient (Wildman–Crippen LogP) is 3.69. The molecule has 0 heterocycles. The minimum absolute atomic E-state index is 0.438. The number of guanidine groups is 1. The van der Waals surface area contributed by atoms with Gasteiger partial charge in [-0.15, -0.1) is 0 Å². The minimum atomic E-state index is 0.438. The molecule has 4 nitrogen and oxygen atoms in total. The highest BCUT2D eigenvalue weighted by Gasteiger charge is 1.99. The van der Waals surface area contributed by atoms with Gasteiger partial charge in [0.2, 0.25) is 0 Å². The van der Waals surface area contributed by atoms with Gasteiger partial charge in [-0.3, -0.25) is 4.99 Å². The summed E-state index contributed by atoms with van der Waals surface area (Å²) >= 11 is 0. The van der Waals surface area contributed by atoms with Gasteiger partial charge >= 0.3 is 0 Å². The van der Waals surface area contributed by atoms with E-state index in [4.69, 9.17) is 10.5 Å². The zero-order valence-corrected chi connectivity index (χ0v) is 13.8. The lowest BCUT2D eigenvalue weighted by Gasteiger charge is -2.09. The van der Waals surface area contributed by atoms with Crippen LogP contribution in [0.5, 0.6) is 5.75 Å². The zero-order chi connectivity index (χ0) is 16.5. The molecule has 0 spiro atoms. The van der Waals surface area contributed by atoms with E-state index < -0.39 is 0 Å². The zero-order valence-electron chi connectivity index (χ0n) is 13.8. The Kier molecular flexibility index (Phi) is 6.48. The molecule has 0 bridgehead atoms. The first kappa shape index (κ1) is 16.9. The van der Waals surface area contributed by atoms with E-state index in [1.54, 1.807) is 0 Å². The van der Waals surface area contributed by atoms with Crippen LogP contribution in [0.25, 0.3) is 0 Å². The summed E-state index contributed by atoms with van der Waals surface area (Å²) in [6.45, 7) is 5.67. The Hall–Kier alpha value is -2.49. The van der Waals surface area contributed by atoms with Gasteiger partial charge < -0.3 is 15.8 Å². The second kappa shape index (κ2) is 8.83. The molecule has 0 amide bonds. The van der Waals surface area contributed by atoms with Crippen molar-refractivity contribution in [3.05, 3.63) is 60.2 Å². The van der Waals surface area contributed by atoms with Gasteiger partial charge in [-0.05, 0) is 42.2 Å². The van der Waals surface area contributed by atoms with Gasteiger partial charge in [0.15, 0.2) is 5.96 Å².